The van der Waals surface area contributed by atoms with Gasteiger partial charge in [0.05, 0.1) is 46.9 Å². The zero-order valence-corrected chi connectivity index (χ0v) is 25.2. The Morgan fingerprint density at radius 3 is 1.98 bits per heavy atom. The van der Waals surface area contributed by atoms with Gasteiger partial charge in [-0.2, -0.15) is 10.5 Å². The summed E-state index contributed by atoms with van der Waals surface area (Å²) in [6.07, 6.45) is 6.47. The SMILES string of the molecule is CCOC(=O)C1=C(C#N)C(=O)N(c2ccccc2)C(=O)/C1=C\C=CC=Cc1c(C(=O)OCC)c(C#N)c(=O)n(-c2ccccc2)c1O. The van der Waals surface area contributed by atoms with Crippen molar-refractivity contribution in [1.82, 2.24) is 4.57 Å². The Balaban J connectivity index is 1.85. The van der Waals surface area contributed by atoms with Gasteiger partial charge in [0.1, 0.15) is 23.3 Å². The van der Waals surface area contributed by atoms with Gasteiger partial charge in [0.15, 0.2) is 0 Å². The number of pyridine rings is 1. The maximum Gasteiger partial charge on any atom is 0.340 e. The van der Waals surface area contributed by atoms with E-state index >= 15 is 0 Å². The van der Waals surface area contributed by atoms with Crippen LogP contribution in [0.2, 0.25) is 0 Å². The lowest BCUT2D eigenvalue weighted by molar-refractivity contribution is -0.139. The molecule has 0 fully saturated rings. The first-order valence-corrected chi connectivity index (χ1v) is 14.2. The summed E-state index contributed by atoms with van der Waals surface area (Å²) >= 11 is 0. The Kier molecular flexibility index (Phi) is 10.4. The predicted molar refractivity (Wildman–Crippen MR) is 169 cm³/mol. The second kappa shape index (κ2) is 14.8. The van der Waals surface area contributed by atoms with Crippen molar-refractivity contribution in [2.45, 2.75) is 13.8 Å². The Hall–Kier alpha value is -6.79. The zero-order valence-electron chi connectivity index (χ0n) is 25.2. The number of esters is 2. The molecule has 2 aromatic carbocycles. The second-order valence-electron chi connectivity index (χ2n) is 9.48. The van der Waals surface area contributed by atoms with E-state index in [0.717, 1.165) is 9.47 Å². The molecule has 2 amide bonds. The van der Waals surface area contributed by atoms with E-state index < -0.39 is 57.5 Å². The average molecular weight is 631 g/mol. The Morgan fingerprint density at radius 1 is 0.809 bits per heavy atom. The fraction of sp³-hybridized carbons (Fsp3) is 0.114. The van der Waals surface area contributed by atoms with Gasteiger partial charge in [-0.1, -0.05) is 54.6 Å². The molecule has 12 heteroatoms. The second-order valence-corrected chi connectivity index (χ2v) is 9.48. The van der Waals surface area contributed by atoms with Crippen molar-refractivity contribution in [1.29, 1.82) is 10.5 Å². The molecule has 47 heavy (non-hydrogen) atoms. The van der Waals surface area contributed by atoms with Crippen LogP contribution in [0, 0.1) is 22.7 Å². The smallest absolute Gasteiger partial charge is 0.340 e. The molecule has 4 rings (SSSR count). The monoisotopic (exact) mass is 630 g/mol. The van der Waals surface area contributed by atoms with Crippen LogP contribution < -0.4 is 10.5 Å². The normalized spacial score (nSPS) is 14.0. The quantitative estimate of drug-likeness (QED) is 0.157. The van der Waals surface area contributed by atoms with Gasteiger partial charge in [-0.3, -0.25) is 14.4 Å². The number of rotatable bonds is 9. The van der Waals surface area contributed by atoms with Gasteiger partial charge < -0.3 is 14.6 Å². The highest BCUT2D eigenvalue weighted by atomic mass is 16.5. The molecule has 0 atom stereocenters. The van der Waals surface area contributed by atoms with Crippen LogP contribution in [0.3, 0.4) is 0 Å². The van der Waals surface area contributed by atoms with Crippen LogP contribution in [-0.4, -0.2) is 46.6 Å². The van der Waals surface area contributed by atoms with Crippen molar-refractivity contribution in [3.63, 3.8) is 0 Å². The van der Waals surface area contributed by atoms with Crippen LogP contribution in [0.5, 0.6) is 5.88 Å². The van der Waals surface area contributed by atoms with E-state index in [1.54, 1.807) is 48.5 Å². The third-order valence-electron chi connectivity index (χ3n) is 6.72. The van der Waals surface area contributed by atoms with Gasteiger partial charge in [0.2, 0.25) is 5.88 Å². The summed E-state index contributed by atoms with van der Waals surface area (Å²) in [4.78, 5) is 66.5. The Morgan fingerprint density at radius 2 is 1.40 bits per heavy atom. The number of ether oxygens (including phenoxy) is 2. The number of allylic oxidation sites excluding steroid dienone is 4. The Bertz CT molecular complexity index is 2030. The number of nitrogens with zero attached hydrogens (tertiary/aromatic N) is 4. The van der Waals surface area contributed by atoms with Gasteiger partial charge in [0, 0.05) is 0 Å². The molecule has 0 bridgehead atoms. The van der Waals surface area contributed by atoms with E-state index in [4.69, 9.17) is 9.47 Å². The molecule has 0 saturated heterocycles. The molecule has 1 N–H and O–H groups in total. The van der Waals surface area contributed by atoms with E-state index in [1.807, 2.05) is 0 Å². The molecule has 0 saturated carbocycles. The fourth-order valence-electron chi connectivity index (χ4n) is 4.70. The van der Waals surface area contributed by atoms with E-state index in [0.29, 0.717) is 0 Å². The van der Waals surface area contributed by atoms with Gasteiger partial charge in [0.25, 0.3) is 17.4 Å². The minimum Gasteiger partial charge on any atom is -0.494 e. The first kappa shape index (κ1) is 33.1. The number of imide groups is 1. The molecule has 2 heterocycles. The summed E-state index contributed by atoms with van der Waals surface area (Å²) in [7, 11) is 0. The number of hydrogen-bond acceptors (Lipinski definition) is 10. The summed E-state index contributed by atoms with van der Waals surface area (Å²) in [6.45, 7) is 2.91. The lowest BCUT2D eigenvalue weighted by Crippen LogP contribution is -2.44. The number of anilines is 1. The van der Waals surface area contributed by atoms with E-state index in [2.05, 4.69) is 0 Å². The maximum atomic E-state index is 13.6. The molecule has 1 aliphatic heterocycles. The molecule has 12 nitrogen and oxygen atoms in total. The average Bonchev–Trinajstić information content (AvgIpc) is 3.07. The summed E-state index contributed by atoms with van der Waals surface area (Å²) in [5.74, 6) is -4.56. The number of amides is 2. The molecule has 1 aromatic heterocycles. The molecule has 3 aromatic rings. The summed E-state index contributed by atoms with van der Waals surface area (Å²) in [5.41, 5.74) is -3.11. The summed E-state index contributed by atoms with van der Waals surface area (Å²) in [5, 5.41) is 30.8. The molecule has 234 valence electrons. The number of para-hydroxylation sites is 2. The fourth-order valence-corrected chi connectivity index (χ4v) is 4.70. The van der Waals surface area contributed by atoms with Crippen LogP contribution in [-0.2, 0) is 23.9 Å². The number of aromatic hydroxyl groups is 1. The highest BCUT2D eigenvalue weighted by Gasteiger charge is 2.41. The summed E-state index contributed by atoms with van der Waals surface area (Å²) < 4.78 is 11.0. The van der Waals surface area contributed by atoms with E-state index in [9.17, 15) is 39.6 Å². The molecule has 1 aliphatic rings. The van der Waals surface area contributed by atoms with Crippen molar-refractivity contribution in [2.24, 2.45) is 0 Å². The van der Waals surface area contributed by atoms with Crippen LogP contribution in [0.1, 0.15) is 35.3 Å². The third kappa shape index (κ3) is 6.53. The van der Waals surface area contributed by atoms with Crippen LogP contribution >= 0.6 is 0 Å². The molecular weight excluding hydrogens is 604 g/mol. The van der Waals surface area contributed by atoms with Gasteiger partial charge in [-0.15, -0.1) is 0 Å². The Labute approximate surface area is 268 Å². The lowest BCUT2D eigenvalue weighted by atomic mass is 9.93. The van der Waals surface area contributed by atoms with E-state index in [1.165, 1.54) is 68.5 Å². The van der Waals surface area contributed by atoms with Gasteiger partial charge in [-0.25, -0.2) is 19.1 Å². The standard InChI is InChI=1S/C35H26N4O8/c1-3-46-34(44)28-24(30(40)38(32(42)26(28)20-36)22-14-8-5-9-15-22)18-12-7-13-19-25-29(35(45)47-4-2)27(21-37)33(43)39(31(25)41)23-16-10-6-11-17-23/h5-19,40H,3-4H2,1-2H3/b13-7?,18-12?,25-19-. The molecule has 0 aliphatic carbocycles. The lowest BCUT2D eigenvalue weighted by Gasteiger charge is -2.27. The molecule has 0 radical (unpaired) electrons. The maximum absolute atomic E-state index is 13.6. The van der Waals surface area contributed by atoms with Gasteiger partial charge in [-0.05, 0) is 50.3 Å². The highest BCUT2D eigenvalue weighted by molar-refractivity contribution is 6.35. The number of aromatic nitrogens is 1. The largest absolute Gasteiger partial charge is 0.494 e. The highest BCUT2D eigenvalue weighted by Crippen LogP contribution is 2.31. The van der Waals surface area contributed by atoms with Crippen molar-refractivity contribution in [2.75, 3.05) is 18.1 Å². The molecule has 0 spiro atoms. The van der Waals surface area contributed by atoms with Crippen LogP contribution in [0.25, 0.3) is 11.8 Å². The number of nitriles is 2. The minimum absolute atomic E-state index is 0.0691. The number of hydrogen-bond donors (Lipinski definition) is 1. The number of carbonyl (C=O) groups excluding carboxylic acids is 4. The third-order valence-corrected chi connectivity index (χ3v) is 6.72. The van der Waals surface area contributed by atoms with Crippen LogP contribution in [0.4, 0.5) is 5.69 Å². The first-order valence-electron chi connectivity index (χ1n) is 14.2. The van der Waals surface area contributed by atoms with E-state index in [-0.39, 0.29) is 35.7 Å². The number of carbonyl (C=O) groups is 4. The minimum atomic E-state index is -1.04. The van der Waals surface area contributed by atoms with Crippen molar-refractivity contribution < 1.29 is 33.8 Å². The molecule has 0 unspecified atom stereocenters. The van der Waals surface area contributed by atoms with Gasteiger partial charge >= 0.3 is 11.9 Å². The first-order chi connectivity index (χ1) is 22.7. The topological polar surface area (TPSA) is 180 Å². The van der Waals surface area contributed by atoms with Crippen LogP contribution in [0.15, 0.2) is 106 Å². The number of benzene rings is 2. The summed E-state index contributed by atoms with van der Waals surface area (Å²) in [6, 6.07) is 19.3. The van der Waals surface area contributed by atoms with Crippen molar-refractivity contribution in [3.8, 4) is 23.7 Å². The van der Waals surface area contributed by atoms with Crippen molar-refractivity contribution in [3.05, 3.63) is 129 Å². The van der Waals surface area contributed by atoms with Crippen molar-refractivity contribution >= 4 is 35.5 Å². The zero-order chi connectivity index (χ0) is 34.1. The molecular formula is C35H26N4O8. The predicted octanol–water partition coefficient (Wildman–Crippen LogP) is 4.04.